The smallest absolute Gasteiger partial charge is 0.271 e. The maximum Gasteiger partial charge on any atom is 0.271 e. The number of ketones is 2. The standard InChI is InChI=1S/C8H8O4/c1-11-6-4-3-5(9)7(10)8(6)12-2/h3-4H,1-2H3. The van der Waals surface area contributed by atoms with Gasteiger partial charge in [0, 0.05) is 0 Å². The summed E-state index contributed by atoms with van der Waals surface area (Å²) in [5.41, 5.74) is 0. The van der Waals surface area contributed by atoms with Crippen LogP contribution in [0.4, 0.5) is 0 Å². The molecule has 0 unspecified atom stereocenters. The van der Waals surface area contributed by atoms with Crippen molar-refractivity contribution in [3.8, 4) is 0 Å². The molecule has 0 aromatic heterocycles. The number of ether oxygens (including phenoxy) is 2. The lowest BCUT2D eigenvalue weighted by Gasteiger charge is -2.10. The summed E-state index contributed by atoms with van der Waals surface area (Å²) in [7, 11) is 2.72. The maximum absolute atomic E-state index is 11.1. The molecule has 0 N–H and O–H groups in total. The van der Waals surface area contributed by atoms with Gasteiger partial charge < -0.3 is 9.47 Å². The normalized spacial score (nSPS) is 16.8. The summed E-state index contributed by atoms with van der Waals surface area (Å²) in [6, 6.07) is 0. The first-order chi connectivity index (χ1) is 5.70. The Bertz CT molecular complexity index is 285. The van der Waals surface area contributed by atoms with Gasteiger partial charge in [-0.2, -0.15) is 0 Å². The first-order valence-corrected chi connectivity index (χ1v) is 3.29. The van der Waals surface area contributed by atoms with E-state index >= 15 is 0 Å². The average Bonchev–Trinajstić information content (AvgIpc) is 2.09. The molecule has 0 fully saturated rings. The number of carbonyl (C=O) groups excluding carboxylic acids is 2. The van der Waals surface area contributed by atoms with Crippen LogP contribution in [-0.2, 0) is 19.1 Å². The van der Waals surface area contributed by atoms with Crippen LogP contribution in [0.1, 0.15) is 0 Å². The molecular formula is C8H8O4. The third-order valence-electron chi connectivity index (χ3n) is 1.46. The van der Waals surface area contributed by atoms with Crippen molar-refractivity contribution in [3.63, 3.8) is 0 Å². The Balaban J connectivity index is 3.09. The van der Waals surface area contributed by atoms with Gasteiger partial charge in [-0.15, -0.1) is 0 Å². The zero-order valence-corrected chi connectivity index (χ0v) is 6.79. The van der Waals surface area contributed by atoms with E-state index in [1.54, 1.807) is 0 Å². The van der Waals surface area contributed by atoms with Gasteiger partial charge in [-0.25, -0.2) is 0 Å². The highest BCUT2D eigenvalue weighted by Crippen LogP contribution is 2.14. The van der Waals surface area contributed by atoms with Crippen molar-refractivity contribution in [1.29, 1.82) is 0 Å². The summed E-state index contributed by atoms with van der Waals surface area (Å²) in [5, 5.41) is 0. The maximum atomic E-state index is 11.1. The molecule has 0 aliphatic heterocycles. The van der Waals surface area contributed by atoms with Crippen LogP contribution in [0.3, 0.4) is 0 Å². The molecule has 0 bridgehead atoms. The zero-order chi connectivity index (χ0) is 9.14. The third kappa shape index (κ3) is 1.23. The molecule has 1 aliphatic rings. The van der Waals surface area contributed by atoms with Gasteiger partial charge in [-0.05, 0) is 12.2 Å². The number of rotatable bonds is 2. The lowest BCUT2D eigenvalue weighted by molar-refractivity contribution is -0.133. The molecule has 0 saturated carbocycles. The number of methoxy groups -OCH3 is 2. The fourth-order valence-corrected chi connectivity index (χ4v) is 0.881. The number of hydrogen-bond acceptors (Lipinski definition) is 4. The molecular weight excluding hydrogens is 160 g/mol. The average molecular weight is 168 g/mol. The largest absolute Gasteiger partial charge is 0.493 e. The molecule has 0 spiro atoms. The zero-order valence-electron chi connectivity index (χ0n) is 6.79. The van der Waals surface area contributed by atoms with E-state index in [-0.39, 0.29) is 11.5 Å². The fraction of sp³-hybridized carbons (Fsp3) is 0.250. The summed E-state index contributed by atoms with van der Waals surface area (Å²) in [5.74, 6) is -1.02. The van der Waals surface area contributed by atoms with Crippen LogP contribution in [0.25, 0.3) is 0 Å². The van der Waals surface area contributed by atoms with Crippen molar-refractivity contribution in [2.45, 2.75) is 0 Å². The van der Waals surface area contributed by atoms with E-state index < -0.39 is 11.6 Å². The molecule has 1 aliphatic carbocycles. The topological polar surface area (TPSA) is 52.6 Å². The Labute approximate surface area is 69.5 Å². The molecule has 1 rings (SSSR count). The van der Waals surface area contributed by atoms with Gasteiger partial charge in [0.05, 0.1) is 14.2 Å². The molecule has 12 heavy (non-hydrogen) atoms. The Hall–Kier alpha value is -1.58. The first-order valence-electron chi connectivity index (χ1n) is 3.29. The van der Waals surface area contributed by atoms with Gasteiger partial charge >= 0.3 is 0 Å². The summed E-state index contributed by atoms with van der Waals surface area (Å²) in [6.07, 6.45) is 2.56. The van der Waals surface area contributed by atoms with Crippen molar-refractivity contribution < 1.29 is 19.1 Å². The lowest BCUT2D eigenvalue weighted by Crippen LogP contribution is -2.20. The molecule has 0 atom stereocenters. The van der Waals surface area contributed by atoms with Crippen LogP contribution < -0.4 is 0 Å². The van der Waals surface area contributed by atoms with Crippen molar-refractivity contribution in [2.75, 3.05) is 14.2 Å². The molecule has 4 nitrogen and oxygen atoms in total. The Morgan fingerprint density at radius 1 is 1.08 bits per heavy atom. The van der Waals surface area contributed by atoms with Gasteiger partial charge in [0.1, 0.15) is 0 Å². The molecule has 0 aromatic carbocycles. The number of hydrogen-bond donors (Lipinski definition) is 0. The molecule has 0 heterocycles. The molecule has 64 valence electrons. The van der Waals surface area contributed by atoms with Crippen molar-refractivity contribution in [1.82, 2.24) is 0 Å². The first kappa shape index (κ1) is 8.52. The van der Waals surface area contributed by atoms with E-state index in [1.165, 1.54) is 20.3 Å². The second-order valence-electron chi connectivity index (χ2n) is 2.13. The summed E-state index contributed by atoms with van der Waals surface area (Å²) < 4.78 is 9.52. The second-order valence-corrected chi connectivity index (χ2v) is 2.13. The predicted molar refractivity (Wildman–Crippen MR) is 40.2 cm³/mol. The predicted octanol–water partition coefficient (Wildman–Crippen LogP) is 0.199. The van der Waals surface area contributed by atoms with Crippen molar-refractivity contribution in [3.05, 3.63) is 23.7 Å². The van der Waals surface area contributed by atoms with Crippen molar-refractivity contribution >= 4 is 11.6 Å². The highest BCUT2D eigenvalue weighted by Gasteiger charge is 2.25. The highest BCUT2D eigenvalue weighted by atomic mass is 16.5. The summed E-state index contributed by atoms with van der Waals surface area (Å²) >= 11 is 0. The Morgan fingerprint density at radius 2 is 1.75 bits per heavy atom. The molecule has 0 amide bonds. The Kier molecular flexibility index (Phi) is 2.28. The van der Waals surface area contributed by atoms with Gasteiger partial charge in [-0.1, -0.05) is 0 Å². The Morgan fingerprint density at radius 3 is 2.25 bits per heavy atom. The third-order valence-corrected chi connectivity index (χ3v) is 1.46. The van der Waals surface area contributed by atoms with Gasteiger partial charge in [0.15, 0.2) is 5.76 Å². The van der Waals surface area contributed by atoms with Crippen molar-refractivity contribution in [2.24, 2.45) is 0 Å². The quantitative estimate of drug-likeness (QED) is 0.436. The van der Waals surface area contributed by atoms with Crippen LogP contribution in [0.2, 0.25) is 0 Å². The summed E-state index contributed by atoms with van der Waals surface area (Å²) in [6.45, 7) is 0. The highest BCUT2D eigenvalue weighted by molar-refractivity contribution is 6.47. The minimum Gasteiger partial charge on any atom is -0.493 e. The van der Waals surface area contributed by atoms with E-state index in [9.17, 15) is 9.59 Å². The van der Waals surface area contributed by atoms with Crippen LogP contribution in [0.5, 0.6) is 0 Å². The molecule has 0 saturated heterocycles. The summed E-state index contributed by atoms with van der Waals surface area (Å²) in [4.78, 5) is 21.9. The van der Waals surface area contributed by atoms with E-state index in [2.05, 4.69) is 0 Å². The van der Waals surface area contributed by atoms with Gasteiger partial charge in [0.2, 0.25) is 11.5 Å². The number of Topliss-reactive ketones (excluding diaryl/α,β-unsaturated/α-hetero) is 1. The van der Waals surface area contributed by atoms with Crippen LogP contribution >= 0.6 is 0 Å². The van der Waals surface area contributed by atoms with Gasteiger partial charge in [0.25, 0.3) is 5.78 Å². The van der Waals surface area contributed by atoms with Crippen LogP contribution in [0.15, 0.2) is 23.7 Å². The SMILES string of the molecule is COC1=C(OC)C(=O)C(=O)C=C1. The monoisotopic (exact) mass is 168 g/mol. The molecule has 0 radical (unpaired) electrons. The minimum absolute atomic E-state index is 0.0370. The van der Waals surface area contributed by atoms with Crippen LogP contribution in [-0.4, -0.2) is 25.8 Å². The van der Waals surface area contributed by atoms with E-state index in [1.807, 2.05) is 0 Å². The minimum atomic E-state index is -0.670. The lowest BCUT2D eigenvalue weighted by atomic mass is 10.1. The van der Waals surface area contributed by atoms with Crippen LogP contribution in [0, 0.1) is 0 Å². The fourth-order valence-electron chi connectivity index (χ4n) is 0.881. The van der Waals surface area contributed by atoms with E-state index in [4.69, 9.17) is 9.47 Å². The number of carbonyl (C=O) groups is 2. The number of allylic oxidation sites excluding steroid dienone is 3. The molecule has 4 heteroatoms. The van der Waals surface area contributed by atoms with Gasteiger partial charge in [-0.3, -0.25) is 9.59 Å². The van der Waals surface area contributed by atoms with E-state index in [0.29, 0.717) is 0 Å². The van der Waals surface area contributed by atoms with E-state index in [0.717, 1.165) is 6.08 Å². The molecule has 0 aromatic rings. The second kappa shape index (κ2) is 3.21.